The van der Waals surface area contributed by atoms with Crippen molar-refractivity contribution in [2.75, 3.05) is 6.73 Å². The summed E-state index contributed by atoms with van der Waals surface area (Å²) in [5, 5.41) is 0. The predicted molar refractivity (Wildman–Crippen MR) is 53.8 cm³/mol. The molecular weight excluding hydrogens is 194 g/mol. The molecule has 1 aliphatic heterocycles. The Kier molecular flexibility index (Phi) is 2.93. The van der Waals surface area contributed by atoms with Gasteiger partial charge in [-0.05, 0) is 19.3 Å². The highest BCUT2D eigenvalue weighted by Gasteiger charge is 2.49. The molecule has 0 aromatic rings. The lowest BCUT2D eigenvalue weighted by Crippen LogP contribution is -2.58. The van der Waals surface area contributed by atoms with E-state index < -0.39 is 0 Å². The van der Waals surface area contributed by atoms with Crippen LogP contribution in [0.1, 0.15) is 39.0 Å². The fourth-order valence-electron chi connectivity index (χ4n) is 2.47. The molecule has 4 heteroatoms. The van der Waals surface area contributed by atoms with Crippen LogP contribution in [0.4, 0.5) is 0 Å². The Labute approximate surface area is 89.6 Å². The van der Waals surface area contributed by atoms with E-state index in [-0.39, 0.29) is 24.5 Å². The molecule has 1 saturated carbocycles. The van der Waals surface area contributed by atoms with Crippen LogP contribution in [0.2, 0.25) is 0 Å². The van der Waals surface area contributed by atoms with E-state index in [4.69, 9.17) is 4.74 Å². The first kappa shape index (κ1) is 10.5. The normalized spacial score (nSPS) is 28.6. The van der Waals surface area contributed by atoms with E-state index >= 15 is 0 Å². The van der Waals surface area contributed by atoms with Gasteiger partial charge in [-0.3, -0.25) is 9.59 Å². The fraction of sp³-hybridized carbons (Fsp3) is 0.818. The van der Waals surface area contributed by atoms with Gasteiger partial charge in [-0.1, -0.05) is 13.3 Å². The van der Waals surface area contributed by atoms with Crippen LogP contribution < -0.4 is 0 Å². The highest BCUT2D eigenvalue weighted by molar-refractivity contribution is 5.86. The second kappa shape index (κ2) is 4.21. The number of fused-ring (bicyclic) bond motifs is 1. The van der Waals surface area contributed by atoms with Gasteiger partial charge in [0.25, 0.3) is 0 Å². The van der Waals surface area contributed by atoms with Crippen molar-refractivity contribution in [3.05, 3.63) is 0 Å². The Hall–Kier alpha value is -1.06. The quantitative estimate of drug-likeness (QED) is 0.520. The molecule has 15 heavy (non-hydrogen) atoms. The van der Waals surface area contributed by atoms with Gasteiger partial charge < -0.3 is 9.64 Å². The number of esters is 1. The molecule has 0 aromatic carbocycles. The molecule has 4 nitrogen and oxygen atoms in total. The number of hydrogen-bond donors (Lipinski definition) is 0. The number of hydrogen-bond acceptors (Lipinski definition) is 3. The molecule has 1 amide bonds. The Morgan fingerprint density at radius 3 is 3.07 bits per heavy atom. The highest BCUT2D eigenvalue weighted by atomic mass is 16.5. The largest absolute Gasteiger partial charge is 0.444 e. The number of likely N-dealkylation sites (tertiary alicyclic amines) is 1. The van der Waals surface area contributed by atoms with Gasteiger partial charge in [-0.25, -0.2) is 0 Å². The van der Waals surface area contributed by atoms with E-state index in [0.29, 0.717) is 12.5 Å². The second-order valence-corrected chi connectivity index (χ2v) is 4.31. The third-order valence-electron chi connectivity index (χ3n) is 3.30. The van der Waals surface area contributed by atoms with Crippen molar-refractivity contribution in [3.63, 3.8) is 0 Å². The van der Waals surface area contributed by atoms with Crippen molar-refractivity contribution in [1.29, 1.82) is 0 Å². The standard InChI is InChI=1S/C11H17NO3/c1-2-4-10(13)15-7-12-9-6-3-5-8(9)11(12)14/h8-9H,2-7H2,1H3/t8-,9+/m1/s1. The molecule has 1 saturated heterocycles. The average Bonchev–Trinajstić information content (AvgIpc) is 2.62. The lowest BCUT2D eigenvalue weighted by atomic mass is 9.92. The molecule has 0 spiro atoms. The van der Waals surface area contributed by atoms with E-state index in [1.54, 1.807) is 4.90 Å². The summed E-state index contributed by atoms with van der Waals surface area (Å²) in [6.45, 7) is 2.10. The number of nitrogens with zero attached hydrogens (tertiary/aromatic N) is 1. The number of amides is 1. The van der Waals surface area contributed by atoms with Gasteiger partial charge in [-0.2, -0.15) is 0 Å². The maximum absolute atomic E-state index is 11.5. The number of β-lactam (4-membered cyclic amide) rings is 1. The molecule has 1 heterocycles. The topological polar surface area (TPSA) is 46.6 Å². The summed E-state index contributed by atoms with van der Waals surface area (Å²) in [5.41, 5.74) is 0. The van der Waals surface area contributed by atoms with Gasteiger partial charge in [0.05, 0.1) is 5.92 Å². The minimum Gasteiger partial charge on any atom is -0.444 e. The maximum atomic E-state index is 11.5. The SMILES string of the molecule is CCCC(=O)OCN1C(=O)[C@@H]2CCC[C@@H]21. The summed E-state index contributed by atoms with van der Waals surface area (Å²) in [5.74, 6) is 0.198. The monoisotopic (exact) mass is 211 g/mol. The first-order chi connectivity index (χ1) is 7.24. The Balaban J connectivity index is 1.76. The minimum absolute atomic E-state index is 0.166. The van der Waals surface area contributed by atoms with Crippen molar-refractivity contribution >= 4 is 11.9 Å². The zero-order chi connectivity index (χ0) is 10.8. The van der Waals surface area contributed by atoms with Crippen LogP contribution >= 0.6 is 0 Å². The van der Waals surface area contributed by atoms with Gasteiger partial charge in [-0.15, -0.1) is 0 Å². The Morgan fingerprint density at radius 1 is 1.53 bits per heavy atom. The molecule has 2 rings (SSSR count). The van der Waals surface area contributed by atoms with Crippen molar-refractivity contribution in [1.82, 2.24) is 4.90 Å². The van der Waals surface area contributed by atoms with Gasteiger partial charge in [0.2, 0.25) is 5.91 Å². The second-order valence-electron chi connectivity index (χ2n) is 4.31. The van der Waals surface area contributed by atoms with E-state index in [9.17, 15) is 9.59 Å². The van der Waals surface area contributed by atoms with Crippen molar-refractivity contribution < 1.29 is 14.3 Å². The molecule has 1 aliphatic carbocycles. The summed E-state index contributed by atoms with van der Waals surface area (Å²) in [6, 6.07) is 0.354. The molecule has 2 fully saturated rings. The first-order valence-electron chi connectivity index (χ1n) is 5.70. The summed E-state index contributed by atoms with van der Waals surface area (Å²) in [7, 11) is 0. The predicted octanol–water partition coefficient (Wildman–Crippen LogP) is 1.30. The van der Waals surface area contributed by atoms with Crippen LogP contribution in [0.15, 0.2) is 0 Å². The highest BCUT2D eigenvalue weighted by Crippen LogP contribution is 2.39. The van der Waals surface area contributed by atoms with E-state index in [1.807, 2.05) is 6.92 Å². The summed E-state index contributed by atoms with van der Waals surface area (Å²) < 4.78 is 5.03. The van der Waals surface area contributed by atoms with Crippen LogP contribution in [0.25, 0.3) is 0 Å². The lowest BCUT2D eigenvalue weighted by Gasteiger charge is -2.42. The Morgan fingerprint density at radius 2 is 2.33 bits per heavy atom. The summed E-state index contributed by atoms with van der Waals surface area (Å²) in [6.07, 6.45) is 4.44. The van der Waals surface area contributed by atoms with Gasteiger partial charge in [0, 0.05) is 12.5 Å². The first-order valence-corrected chi connectivity index (χ1v) is 5.70. The third-order valence-corrected chi connectivity index (χ3v) is 3.30. The number of rotatable bonds is 4. The van der Waals surface area contributed by atoms with Crippen molar-refractivity contribution in [2.45, 2.75) is 45.1 Å². The third kappa shape index (κ3) is 1.85. The Bertz CT molecular complexity index is 277. The number of ether oxygens (including phenoxy) is 1. The summed E-state index contributed by atoms with van der Waals surface area (Å²) in [4.78, 5) is 24.4. The molecule has 0 N–H and O–H groups in total. The van der Waals surface area contributed by atoms with E-state index in [2.05, 4.69) is 0 Å². The molecule has 84 valence electrons. The lowest BCUT2D eigenvalue weighted by molar-refractivity contribution is -0.170. The maximum Gasteiger partial charge on any atom is 0.307 e. The van der Waals surface area contributed by atoms with Crippen molar-refractivity contribution in [3.8, 4) is 0 Å². The van der Waals surface area contributed by atoms with E-state index in [0.717, 1.165) is 25.7 Å². The molecule has 2 aliphatic rings. The molecule has 0 aromatic heterocycles. The zero-order valence-electron chi connectivity index (χ0n) is 9.07. The van der Waals surface area contributed by atoms with Crippen LogP contribution in [-0.4, -0.2) is 29.5 Å². The molecule has 0 radical (unpaired) electrons. The molecule has 0 unspecified atom stereocenters. The molecular formula is C11H17NO3. The van der Waals surface area contributed by atoms with E-state index in [1.165, 1.54) is 0 Å². The molecule has 2 atom stereocenters. The van der Waals surface area contributed by atoms with Crippen LogP contribution in [0.3, 0.4) is 0 Å². The van der Waals surface area contributed by atoms with Crippen molar-refractivity contribution in [2.24, 2.45) is 5.92 Å². The van der Waals surface area contributed by atoms with Crippen LogP contribution in [0, 0.1) is 5.92 Å². The van der Waals surface area contributed by atoms with Crippen LogP contribution in [-0.2, 0) is 14.3 Å². The van der Waals surface area contributed by atoms with Gasteiger partial charge in [0.1, 0.15) is 0 Å². The summed E-state index contributed by atoms with van der Waals surface area (Å²) >= 11 is 0. The smallest absolute Gasteiger partial charge is 0.307 e. The zero-order valence-corrected chi connectivity index (χ0v) is 9.07. The number of carbonyl (C=O) groups is 2. The number of carbonyl (C=O) groups excluding carboxylic acids is 2. The van der Waals surface area contributed by atoms with Gasteiger partial charge >= 0.3 is 5.97 Å². The average molecular weight is 211 g/mol. The molecule has 0 bridgehead atoms. The van der Waals surface area contributed by atoms with Crippen LogP contribution in [0.5, 0.6) is 0 Å². The minimum atomic E-state index is -0.202. The fourth-order valence-corrected chi connectivity index (χ4v) is 2.47. The van der Waals surface area contributed by atoms with Gasteiger partial charge in [0.15, 0.2) is 6.73 Å².